The molecule has 2 fully saturated rings. The topological polar surface area (TPSA) is 72.4 Å². The van der Waals surface area contributed by atoms with Gasteiger partial charge in [-0.3, -0.25) is 10.1 Å². The summed E-state index contributed by atoms with van der Waals surface area (Å²) in [6.45, 7) is 0.978. The third-order valence-corrected chi connectivity index (χ3v) is 6.19. The summed E-state index contributed by atoms with van der Waals surface area (Å²) in [5.41, 5.74) is 9.64. The zero-order valence-corrected chi connectivity index (χ0v) is 15.6. The lowest BCUT2D eigenvalue weighted by Gasteiger charge is -2.28. The number of rotatable bonds is 4. The molecule has 0 aromatic heterocycles. The van der Waals surface area contributed by atoms with E-state index in [4.69, 9.17) is 5.73 Å². The molecule has 27 heavy (non-hydrogen) atoms. The Morgan fingerprint density at radius 2 is 1.63 bits per heavy atom. The van der Waals surface area contributed by atoms with Crippen LogP contribution in [-0.2, 0) is 0 Å². The Hall–Kier alpha value is -2.56. The molecule has 1 saturated carbocycles. The predicted octanol–water partition coefficient (Wildman–Crippen LogP) is 5.57. The summed E-state index contributed by atoms with van der Waals surface area (Å²) in [4.78, 5) is 13.2. The zero-order valence-electron chi connectivity index (χ0n) is 15.6. The predicted molar refractivity (Wildman–Crippen MR) is 109 cm³/mol. The number of nitrogens with zero attached hydrogens (tertiary/aromatic N) is 2. The van der Waals surface area contributed by atoms with Gasteiger partial charge in [0.2, 0.25) is 0 Å². The van der Waals surface area contributed by atoms with Crippen molar-refractivity contribution in [2.24, 2.45) is 0 Å². The van der Waals surface area contributed by atoms with Crippen LogP contribution in [0.1, 0.15) is 68.0 Å². The molecular formula is C22H27N3O2. The summed E-state index contributed by atoms with van der Waals surface area (Å²) in [6, 6.07) is 14.4. The number of hydrogen-bond acceptors (Lipinski definition) is 4. The third kappa shape index (κ3) is 3.64. The van der Waals surface area contributed by atoms with Crippen LogP contribution in [0.25, 0.3) is 0 Å². The number of hydrogen-bond donors (Lipinski definition) is 1. The quantitative estimate of drug-likeness (QED) is 0.437. The first kappa shape index (κ1) is 17.8. The molecule has 0 spiro atoms. The van der Waals surface area contributed by atoms with Gasteiger partial charge in [-0.2, -0.15) is 0 Å². The van der Waals surface area contributed by atoms with E-state index >= 15 is 0 Å². The molecule has 0 radical (unpaired) electrons. The maximum Gasteiger partial charge on any atom is 0.292 e. The first-order valence-corrected chi connectivity index (χ1v) is 10.0. The van der Waals surface area contributed by atoms with Crippen LogP contribution in [0, 0.1) is 10.1 Å². The van der Waals surface area contributed by atoms with Gasteiger partial charge in [0.05, 0.1) is 11.0 Å². The number of nitrogen functional groups attached to an aromatic ring is 1. The van der Waals surface area contributed by atoms with Gasteiger partial charge < -0.3 is 10.6 Å². The van der Waals surface area contributed by atoms with Crippen LogP contribution in [-0.4, -0.2) is 11.5 Å². The number of nitrogens with two attached hydrogens (primary N) is 1. The average molecular weight is 365 g/mol. The maximum atomic E-state index is 11.2. The Labute approximate surface area is 160 Å². The Morgan fingerprint density at radius 3 is 2.33 bits per heavy atom. The van der Waals surface area contributed by atoms with Gasteiger partial charge in [0.15, 0.2) is 0 Å². The van der Waals surface area contributed by atoms with Crippen LogP contribution in [0.5, 0.6) is 0 Å². The average Bonchev–Trinajstić information content (AvgIpc) is 3.19. The third-order valence-electron chi connectivity index (χ3n) is 6.19. The van der Waals surface area contributed by atoms with E-state index in [-0.39, 0.29) is 17.4 Å². The van der Waals surface area contributed by atoms with Crippen LogP contribution >= 0.6 is 0 Å². The van der Waals surface area contributed by atoms with Crippen molar-refractivity contribution >= 4 is 17.1 Å². The number of nitro groups is 1. The van der Waals surface area contributed by atoms with Gasteiger partial charge in [0.1, 0.15) is 5.69 Å². The van der Waals surface area contributed by atoms with Crippen molar-refractivity contribution in [2.75, 3.05) is 17.2 Å². The molecule has 1 unspecified atom stereocenters. The molecule has 2 aliphatic rings. The van der Waals surface area contributed by atoms with Crippen molar-refractivity contribution in [1.82, 2.24) is 0 Å². The lowest BCUT2D eigenvalue weighted by molar-refractivity contribution is -0.384. The van der Waals surface area contributed by atoms with Crippen molar-refractivity contribution in [3.63, 3.8) is 0 Å². The Bertz CT molecular complexity index is 813. The Balaban J connectivity index is 1.56. The summed E-state index contributed by atoms with van der Waals surface area (Å²) < 4.78 is 0. The van der Waals surface area contributed by atoms with Crippen LogP contribution in [0.2, 0.25) is 0 Å². The van der Waals surface area contributed by atoms with Gasteiger partial charge in [-0.1, -0.05) is 37.5 Å². The van der Waals surface area contributed by atoms with Gasteiger partial charge in [0, 0.05) is 18.3 Å². The second kappa shape index (κ2) is 7.59. The van der Waals surface area contributed by atoms with Crippen molar-refractivity contribution in [2.45, 2.75) is 56.9 Å². The summed E-state index contributed by atoms with van der Waals surface area (Å²) in [6.07, 6.45) is 8.77. The van der Waals surface area contributed by atoms with Gasteiger partial charge in [-0.15, -0.1) is 0 Å². The van der Waals surface area contributed by atoms with Crippen molar-refractivity contribution in [3.8, 4) is 0 Å². The van der Waals surface area contributed by atoms with Gasteiger partial charge >= 0.3 is 0 Å². The monoisotopic (exact) mass is 365 g/mol. The summed E-state index contributed by atoms with van der Waals surface area (Å²) >= 11 is 0. The van der Waals surface area contributed by atoms with Gasteiger partial charge in [-0.25, -0.2) is 0 Å². The number of anilines is 2. The molecule has 5 heteroatoms. The largest absolute Gasteiger partial charge is 0.393 e. The molecule has 2 N–H and O–H groups in total. The minimum Gasteiger partial charge on any atom is -0.393 e. The molecule has 1 heterocycles. The fraction of sp³-hybridized carbons (Fsp3) is 0.455. The minimum absolute atomic E-state index is 0.00648. The standard InChI is InChI=1S/C22H27N3O2/c23-20-13-10-18(15-22(20)25(26)27)21-7-4-14-24(21)19-11-8-17(9-12-19)16-5-2-1-3-6-16/h8-13,15-16,21H,1-7,14,23H2. The molecule has 5 nitrogen and oxygen atoms in total. The molecule has 0 amide bonds. The fourth-order valence-corrected chi connectivity index (χ4v) is 4.72. The van der Waals surface area contributed by atoms with E-state index in [0.717, 1.165) is 24.9 Å². The Morgan fingerprint density at radius 1 is 0.926 bits per heavy atom. The second-order valence-electron chi connectivity index (χ2n) is 7.85. The molecule has 1 aliphatic carbocycles. The van der Waals surface area contributed by atoms with Crippen molar-refractivity contribution < 1.29 is 4.92 Å². The van der Waals surface area contributed by atoms with Crippen LogP contribution in [0.4, 0.5) is 17.1 Å². The molecular weight excluding hydrogens is 338 g/mol. The van der Waals surface area contributed by atoms with E-state index in [1.807, 2.05) is 6.07 Å². The molecule has 1 atom stereocenters. The first-order valence-electron chi connectivity index (χ1n) is 10.0. The van der Waals surface area contributed by atoms with Gasteiger partial charge in [-0.05, 0) is 60.9 Å². The highest BCUT2D eigenvalue weighted by atomic mass is 16.6. The van der Waals surface area contributed by atoms with Crippen molar-refractivity contribution in [3.05, 3.63) is 63.7 Å². The fourth-order valence-electron chi connectivity index (χ4n) is 4.72. The zero-order chi connectivity index (χ0) is 18.8. The lowest BCUT2D eigenvalue weighted by Crippen LogP contribution is -2.22. The first-order chi connectivity index (χ1) is 13.1. The highest BCUT2D eigenvalue weighted by Gasteiger charge is 2.28. The number of nitro benzene ring substituents is 1. The lowest BCUT2D eigenvalue weighted by atomic mass is 9.84. The minimum atomic E-state index is -0.392. The van der Waals surface area contributed by atoms with E-state index in [1.165, 1.54) is 43.4 Å². The molecule has 1 saturated heterocycles. The van der Waals surface area contributed by atoms with Gasteiger partial charge in [0.25, 0.3) is 5.69 Å². The highest BCUT2D eigenvalue weighted by molar-refractivity contribution is 5.61. The molecule has 0 bridgehead atoms. The van der Waals surface area contributed by atoms with Crippen LogP contribution < -0.4 is 10.6 Å². The van der Waals surface area contributed by atoms with Crippen molar-refractivity contribution in [1.29, 1.82) is 0 Å². The van der Waals surface area contributed by atoms with E-state index < -0.39 is 4.92 Å². The summed E-state index contributed by atoms with van der Waals surface area (Å²) in [5, 5.41) is 11.2. The summed E-state index contributed by atoms with van der Waals surface area (Å²) in [5.74, 6) is 0.710. The van der Waals surface area contributed by atoms with Crippen LogP contribution in [0.15, 0.2) is 42.5 Å². The van der Waals surface area contributed by atoms with E-state index in [2.05, 4.69) is 29.2 Å². The maximum absolute atomic E-state index is 11.2. The molecule has 2 aromatic carbocycles. The molecule has 4 rings (SSSR count). The second-order valence-corrected chi connectivity index (χ2v) is 7.85. The highest BCUT2D eigenvalue weighted by Crippen LogP contribution is 2.39. The van der Waals surface area contributed by atoms with Crippen LogP contribution in [0.3, 0.4) is 0 Å². The molecule has 1 aliphatic heterocycles. The molecule has 142 valence electrons. The smallest absolute Gasteiger partial charge is 0.292 e. The number of benzene rings is 2. The van der Waals surface area contributed by atoms with E-state index in [9.17, 15) is 10.1 Å². The SMILES string of the molecule is Nc1ccc(C2CCCN2c2ccc(C3CCCCC3)cc2)cc1[N+](=O)[O-]. The normalized spacial score (nSPS) is 20.7. The van der Waals surface area contributed by atoms with E-state index in [0.29, 0.717) is 5.92 Å². The summed E-state index contributed by atoms with van der Waals surface area (Å²) in [7, 11) is 0. The Kier molecular flexibility index (Phi) is 5.01. The van der Waals surface area contributed by atoms with E-state index in [1.54, 1.807) is 12.1 Å². The molecule has 2 aromatic rings.